The first-order valence-electron chi connectivity index (χ1n) is 6.57. The van der Waals surface area contributed by atoms with Crippen LogP contribution in [0.1, 0.15) is 38.7 Å². The van der Waals surface area contributed by atoms with Gasteiger partial charge in [-0.25, -0.2) is 0 Å². The van der Waals surface area contributed by atoms with E-state index in [1.165, 1.54) is 7.11 Å². The largest absolute Gasteiger partial charge is 0.493 e. The third-order valence-electron chi connectivity index (χ3n) is 3.68. The average molecular weight is 275 g/mol. The fraction of sp³-hybridized carbons (Fsp3) is 0.500. The van der Waals surface area contributed by atoms with Crippen molar-refractivity contribution in [1.29, 1.82) is 5.26 Å². The van der Waals surface area contributed by atoms with E-state index in [1.807, 2.05) is 20.8 Å². The van der Waals surface area contributed by atoms with E-state index in [9.17, 15) is 10.1 Å². The third kappa shape index (κ3) is 3.11. The number of Topliss-reactive ketones (excluding diaryl/α,β-unsaturated/α-hetero) is 1. The minimum Gasteiger partial charge on any atom is -0.493 e. The predicted molar refractivity (Wildman–Crippen MR) is 77.0 cm³/mol. The molecule has 20 heavy (non-hydrogen) atoms. The number of nitriles is 1. The Balaban J connectivity index is 3.21. The maximum atomic E-state index is 12.5. The Morgan fingerprint density at radius 2 is 1.90 bits per heavy atom. The third-order valence-corrected chi connectivity index (χ3v) is 3.68. The molecular weight excluding hydrogens is 254 g/mol. The Kier molecular flexibility index (Phi) is 5.15. The van der Waals surface area contributed by atoms with Crippen molar-refractivity contribution >= 4 is 5.78 Å². The number of hydrogen-bond acceptors (Lipinski definition) is 4. The maximum absolute atomic E-state index is 12.5. The summed E-state index contributed by atoms with van der Waals surface area (Å²) < 4.78 is 10.4. The highest BCUT2D eigenvalue weighted by Crippen LogP contribution is 2.34. The van der Waals surface area contributed by atoms with Gasteiger partial charge in [-0.3, -0.25) is 4.79 Å². The van der Waals surface area contributed by atoms with Gasteiger partial charge in [0.15, 0.2) is 17.3 Å². The maximum Gasteiger partial charge on any atom is 0.161 e. The van der Waals surface area contributed by atoms with Gasteiger partial charge in [-0.05, 0) is 24.1 Å². The van der Waals surface area contributed by atoms with Crippen molar-refractivity contribution in [3.8, 4) is 17.6 Å². The summed E-state index contributed by atoms with van der Waals surface area (Å²) in [4.78, 5) is 12.5. The Bertz CT molecular complexity index is 529. The fourth-order valence-corrected chi connectivity index (χ4v) is 1.88. The van der Waals surface area contributed by atoms with E-state index >= 15 is 0 Å². The number of benzene rings is 1. The normalized spacial score (nSPS) is 12.4. The summed E-state index contributed by atoms with van der Waals surface area (Å²) in [6.45, 7) is 5.67. The highest BCUT2D eigenvalue weighted by molar-refractivity contribution is 5.92. The van der Waals surface area contributed by atoms with Crippen molar-refractivity contribution in [2.45, 2.75) is 33.1 Å². The topological polar surface area (TPSA) is 59.3 Å². The average Bonchev–Trinajstić information content (AvgIpc) is 2.47. The first-order valence-corrected chi connectivity index (χ1v) is 6.57. The van der Waals surface area contributed by atoms with E-state index in [-0.39, 0.29) is 5.78 Å². The second kappa shape index (κ2) is 6.42. The Morgan fingerprint density at radius 3 is 2.35 bits per heavy atom. The van der Waals surface area contributed by atoms with Crippen LogP contribution in [0.2, 0.25) is 0 Å². The van der Waals surface area contributed by atoms with Crippen LogP contribution < -0.4 is 9.47 Å². The molecule has 1 atom stereocenters. The molecule has 0 fully saturated rings. The number of ketones is 1. The van der Waals surface area contributed by atoms with E-state index in [1.54, 1.807) is 25.3 Å². The molecule has 1 aromatic carbocycles. The van der Waals surface area contributed by atoms with Crippen molar-refractivity contribution in [2.24, 2.45) is 5.41 Å². The summed E-state index contributed by atoms with van der Waals surface area (Å²) in [7, 11) is 3.07. The van der Waals surface area contributed by atoms with E-state index in [0.717, 1.165) is 0 Å². The van der Waals surface area contributed by atoms with Crippen LogP contribution in [-0.4, -0.2) is 20.0 Å². The molecule has 0 aliphatic rings. The van der Waals surface area contributed by atoms with E-state index in [0.29, 0.717) is 23.5 Å². The molecule has 0 saturated heterocycles. The number of hydrogen-bond donors (Lipinski definition) is 0. The van der Waals surface area contributed by atoms with Crippen molar-refractivity contribution in [1.82, 2.24) is 0 Å². The number of carbonyl (C=O) groups excluding carboxylic acids is 1. The fourth-order valence-electron chi connectivity index (χ4n) is 1.88. The van der Waals surface area contributed by atoms with Gasteiger partial charge in [0.25, 0.3) is 0 Å². The van der Waals surface area contributed by atoms with Crippen LogP contribution in [0.25, 0.3) is 0 Å². The highest BCUT2D eigenvalue weighted by atomic mass is 16.5. The molecule has 0 spiro atoms. The molecule has 0 aromatic heterocycles. The number of methoxy groups -OCH3 is 2. The lowest BCUT2D eigenvalue weighted by molar-refractivity contribution is -0.127. The lowest BCUT2D eigenvalue weighted by Crippen LogP contribution is -2.28. The standard InChI is InChI=1S/C16H21NO3/c1-6-16(2,3)15(18)12(10-17)11-7-8-13(19-4)14(9-11)20-5/h7-9,12H,6H2,1-5H3. The molecular formula is C16H21NO3. The van der Waals surface area contributed by atoms with Crippen molar-refractivity contribution in [3.63, 3.8) is 0 Å². The van der Waals surface area contributed by atoms with E-state index < -0.39 is 11.3 Å². The second-order valence-corrected chi connectivity index (χ2v) is 5.28. The van der Waals surface area contributed by atoms with Gasteiger partial charge < -0.3 is 9.47 Å². The van der Waals surface area contributed by atoms with E-state index in [4.69, 9.17) is 9.47 Å². The summed E-state index contributed by atoms with van der Waals surface area (Å²) in [5.41, 5.74) is 0.116. The number of nitrogens with zero attached hydrogens (tertiary/aromatic N) is 1. The van der Waals surface area contributed by atoms with Crippen LogP contribution in [0.4, 0.5) is 0 Å². The lowest BCUT2D eigenvalue weighted by Gasteiger charge is -2.24. The van der Waals surface area contributed by atoms with Crippen molar-refractivity contribution < 1.29 is 14.3 Å². The monoisotopic (exact) mass is 275 g/mol. The molecule has 0 bridgehead atoms. The first kappa shape index (κ1) is 16.0. The predicted octanol–water partition coefficient (Wildman–Crippen LogP) is 3.32. The molecule has 1 aromatic rings. The van der Waals surface area contributed by atoms with Crippen LogP contribution in [0.3, 0.4) is 0 Å². The summed E-state index contributed by atoms with van der Waals surface area (Å²) in [6, 6.07) is 7.24. The molecule has 0 aliphatic heterocycles. The highest BCUT2D eigenvalue weighted by Gasteiger charge is 2.33. The molecule has 0 heterocycles. The van der Waals surface area contributed by atoms with Gasteiger partial charge in [0.05, 0.1) is 20.3 Å². The van der Waals surface area contributed by atoms with Gasteiger partial charge >= 0.3 is 0 Å². The quantitative estimate of drug-likeness (QED) is 0.799. The molecule has 1 unspecified atom stereocenters. The van der Waals surface area contributed by atoms with E-state index in [2.05, 4.69) is 6.07 Å². The van der Waals surface area contributed by atoms with Crippen LogP contribution in [0.5, 0.6) is 11.5 Å². The Morgan fingerprint density at radius 1 is 1.30 bits per heavy atom. The van der Waals surface area contributed by atoms with Gasteiger partial charge in [-0.1, -0.05) is 26.8 Å². The Hall–Kier alpha value is -2.02. The lowest BCUT2D eigenvalue weighted by atomic mass is 9.77. The van der Waals surface area contributed by atoms with Crippen LogP contribution in [0, 0.1) is 16.7 Å². The zero-order valence-corrected chi connectivity index (χ0v) is 12.7. The van der Waals surface area contributed by atoms with Crippen molar-refractivity contribution in [2.75, 3.05) is 14.2 Å². The molecule has 4 nitrogen and oxygen atoms in total. The molecule has 0 amide bonds. The number of ether oxygens (including phenoxy) is 2. The molecule has 0 radical (unpaired) electrons. The van der Waals surface area contributed by atoms with Gasteiger partial charge in [-0.2, -0.15) is 5.26 Å². The minimum absolute atomic E-state index is 0.0743. The van der Waals surface area contributed by atoms with Gasteiger partial charge in [0, 0.05) is 5.41 Å². The van der Waals surface area contributed by atoms with Gasteiger partial charge in [0.1, 0.15) is 5.92 Å². The second-order valence-electron chi connectivity index (χ2n) is 5.28. The molecule has 108 valence electrons. The number of carbonyl (C=O) groups is 1. The molecule has 1 rings (SSSR count). The first-order chi connectivity index (χ1) is 9.41. The zero-order chi connectivity index (χ0) is 15.3. The summed E-state index contributed by atoms with van der Waals surface area (Å²) >= 11 is 0. The summed E-state index contributed by atoms with van der Waals surface area (Å²) in [5, 5.41) is 9.36. The summed E-state index contributed by atoms with van der Waals surface area (Å²) in [5.74, 6) is 0.238. The van der Waals surface area contributed by atoms with Gasteiger partial charge in [0.2, 0.25) is 0 Å². The minimum atomic E-state index is -0.787. The molecule has 0 N–H and O–H groups in total. The summed E-state index contributed by atoms with van der Waals surface area (Å²) in [6.07, 6.45) is 0.692. The van der Waals surface area contributed by atoms with Gasteiger partial charge in [-0.15, -0.1) is 0 Å². The van der Waals surface area contributed by atoms with Crippen molar-refractivity contribution in [3.05, 3.63) is 23.8 Å². The molecule has 4 heteroatoms. The van der Waals surface area contributed by atoms with Crippen LogP contribution in [0.15, 0.2) is 18.2 Å². The Labute approximate surface area is 120 Å². The molecule has 0 aliphatic carbocycles. The van der Waals surface area contributed by atoms with Crippen LogP contribution >= 0.6 is 0 Å². The molecule has 0 saturated carbocycles. The SMILES string of the molecule is CCC(C)(C)C(=O)C(C#N)c1ccc(OC)c(OC)c1. The zero-order valence-electron chi connectivity index (χ0n) is 12.7. The smallest absolute Gasteiger partial charge is 0.161 e. The van der Waals surface area contributed by atoms with Crippen LogP contribution in [-0.2, 0) is 4.79 Å². The number of rotatable bonds is 6.